The van der Waals surface area contributed by atoms with Crippen LogP contribution >= 0.6 is 0 Å². The zero-order chi connectivity index (χ0) is 17.1. The highest BCUT2D eigenvalue weighted by Gasteiger charge is 2.18. The van der Waals surface area contributed by atoms with Crippen LogP contribution in [0.2, 0.25) is 0 Å². The Hall–Kier alpha value is -2.50. The molecule has 0 fully saturated rings. The van der Waals surface area contributed by atoms with E-state index in [2.05, 4.69) is 10.5 Å². The molecule has 126 valence electrons. The van der Waals surface area contributed by atoms with E-state index in [9.17, 15) is 4.79 Å². The van der Waals surface area contributed by atoms with Crippen LogP contribution in [-0.2, 0) is 0 Å². The van der Waals surface area contributed by atoms with E-state index < -0.39 is 0 Å². The van der Waals surface area contributed by atoms with E-state index in [4.69, 9.17) is 14.2 Å². The van der Waals surface area contributed by atoms with Crippen molar-refractivity contribution in [2.45, 2.75) is 27.7 Å². The highest BCUT2D eigenvalue weighted by molar-refractivity contribution is 5.96. The first kappa shape index (κ1) is 18.5. The van der Waals surface area contributed by atoms with Crippen molar-refractivity contribution >= 4 is 12.1 Å². The average molecular weight is 320 g/mol. The largest absolute Gasteiger partial charge is 0.490 e. The number of carbonyl (C=O) groups is 1. The van der Waals surface area contributed by atoms with Crippen LogP contribution in [0.1, 0.15) is 38.1 Å². The molecule has 0 aliphatic carbocycles. The third-order valence-electron chi connectivity index (χ3n) is 2.69. The van der Waals surface area contributed by atoms with Gasteiger partial charge in [-0.1, -0.05) is 6.08 Å². The van der Waals surface area contributed by atoms with Gasteiger partial charge in [-0.15, -0.1) is 0 Å². The van der Waals surface area contributed by atoms with Gasteiger partial charge in [0, 0.05) is 11.8 Å². The molecule has 0 radical (unpaired) electrons. The predicted octanol–water partition coefficient (Wildman–Crippen LogP) is 3.17. The molecule has 0 heterocycles. The summed E-state index contributed by atoms with van der Waals surface area (Å²) in [6.45, 7) is 8.85. The number of hydrogen-bond donors (Lipinski definition) is 1. The van der Waals surface area contributed by atoms with Gasteiger partial charge in [0.1, 0.15) is 0 Å². The van der Waals surface area contributed by atoms with Crippen molar-refractivity contribution in [3.05, 3.63) is 29.8 Å². The van der Waals surface area contributed by atoms with Gasteiger partial charge in [-0.2, -0.15) is 5.10 Å². The Bertz CT molecular complexity index is 541. The fourth-order valence-electron chi connectivity index (χ4n) is 1.81. The highest BCUT2D eigenvalue weighted by Crippen LogP contribution is 2.39. The van der Waals surface area contributed by atoms with E-state index in [1.165, 1.54) is 6.21 Å². The van der Waals surface area contributed by atoms with Gasteiger partial charge in [-0.05, 0) is 45.9 Å². The first-order valence-corrected chi connectivity index (χ1v) is 7.68. The topological polar surface area (TPSA) is 69.2 Å². The Balaban J connectivity index is 3.14. The van der Waals surface area contributed by atoms with Crippen LogP contribution in [0.3, 0.4) is 0 Å². The monoisotopic (exact) mass is 320 g/mol. The first-order chi connectivity index (χ1) is 11.2. The Morgan fingerprint density at radius 2 is 1.65 bits per heavy atom. The van der Waals surface area contributed by atoms with Crippen LogP contribution in [-0.4, -0.2) is 31.9 Å². The van der Waals surface area contributed by atoms with Gasteiger partial charge in [0.05, 0.1) is 19.8 Å². The summed E-state index contributed by atoms with van der Waals surface area (Å²) < 4.78 is 16.8. The lowest BCUT2D eigenvalue weighted by Gasteiger charge is -2.16. The van der Waals surface area contributed by atoms with Gasteiger partial charge >= 0.3 is 0 Å². The molecule has 0 bridgehead atoms. The lowest BCUT2D eigenvalue weighted by molar-refractivity contribution is 0.0954. The van der Waals surface area contributed by atoms with Crippen LogP contribution in [0, 0.1) is 0 Å². The van der Waals surface area contributed by atoms with Crippen molar-refractivity contribution < 1.29 is 19.0 Å². The standard InChI is InChI=1S/C17H24N2O4/c1-5-9-10-18-19-17(20)13-11-14(21-6-2)16(23-8-4)15(12-13)22-7-3/h5,9-12H,6-8H2,1-4H3,(H,19,20)/b9-5+,18-10+. The molecular weight excluding hydrogens is 296 g/mol. The SMILES string of the molecule is C/C=C/C=N/NC(=O)c1cc(OCC)c(OCC)c(OCC)c1. The number of benzene rings is 1. The summed E-state index contributed by atoms with van der Waals surface area (Å²) in [6, 6.07) is 3.25. The molecule has 0 saturated carbocycles. The van der Waals surface area contributed by atoms with Gasteiger partial charge in [0.25, 0.3) is 5.91 Å². The van der Waals surface area contributed by atoms with E-state index >= 15 is 0 Å². The lowest BCUT2D eigenvalue weighted by Crippen LogP contribution is -2.18. The maximum atomic E-state index is 12.2. The van der Waals surface area contributed by atoms with Crippen molar-refractivity contribution in [1.82, 2.24) is 5.43 Å². The van der Waals surface area contributed by atoms with Crippen LogP contribution in [0.4, 0.5) is 0 Å². The number of carbonyl (C=O) groups excluding carboxylic acids is 1. The highest BCUT2D eigenvalue weighted by atomic mass is 16.5. The lowest BCUT2D eigenvalue weighted by atomic mass is 10.1. The number of amides is 1. The minimum atomic E-state index is -0.351. The van der Waals surface area contributed by atoms with Crippen LogP contribution in [0.15, 0.2) is 29.4 Å². The molecule has 0 aromatic heterocycles. The van der Waals surface area contributed by atoms with Crippen LogP contribution in [0.25, 0.3) is 0 Å². The van der Waals surface area contributed by atoms with Crippen molar-refractivity contribution in [3.8, 4) is 17.2 Å². The molecule has 1 aromatic carbocycles. The Morgan fingerprint density at radius 1 is 1.09 bits per heavy atom. The summed E-state index contributed by atoms with van der Waals surface area (Å²) in [4.78, 5) is 12.2. The minimum absolute atomic E-state index is 0.351. The van der Waals surface area contributed by atoms with Gasteiger partial charge in [0.15, 0.2) is 11.5 Å². The molecule has 1 rings (SSSR count). The number of hydrazone groups is 1. The first-order valence-electron chi connectivity index (χ1n) is 7.68. The van der Waals surface area contributed by atoms with E-state index in [0.717, 1.165) is 0 Å². The van der Waals surface area contributed by atoms with Gasteiger partial charge in [-0.3, -0.25) is 4.79 Å². The average Bonchev–Trinajstić information content (AvgIpc) is 2.54. The normalized spacial score (nSPS) is 11.0. The van der Waals surface area contributed by atoms with Crippen molar-refractivity contribution in [2.75, 3.05) is 19.8 Å². The number of nitrogens with zero attached hydrogens (tertiary/aromatic N) is 1. The number of nitrogens with one attached hydrogen (secondary N) is 1. The molecule has 23 heavy (non-hydrogen) atoms. The maximum Gasteiger partial charge on any atom is 0.271 e. The Labute approximate surface area is 137 Å². The summed E-state index contributed by atoms with van der Waals surface area (Å²) in [5.41, 5.74) is 2.84. The molecule has 1 N–H and O–H groups in total. The maximum absolute atomic E-state index is 12.2. The van der Waals surface area contributed by atoms with Gasteiger partial charge in [0.2, 0.25) is 5.75 Å². The summed E-state index contributed by atoms with van der Waals surface area (Å²) >= 11 is 0. The van der Waals surface area contributed by atoms with E-state index in [-0.39, 0.29) is 5.91 Å². The Morgan fingerprint density at radius 3 is 2.13 bits per heavy atom. The quantitative estimate of drug-likeness (QED) is 0.560. The second-order valence-corrected chi connectivity index (χ2v) is 4.35. The molecule has 0 unspecified atom stereocenters. The Kier molecular flexibility index (Phi) is 8.28. The van der Waals surface area contributed by atoms with Crippen molar-refractivity contribution in [1.29, 1.82) is 0 Å². The van der Waals surface area contributed by atoms with Crippen LogP contribution < -0.4 is 19.6 Å². The van der Waals surface area contributed by atoms with E-state index in [1.807, 2.05) is 33.8 Å². The molecule has 1 amide bonds. The number of ether oxygens (including phenoxy) is 3. The summed E-state index contributed by atoms with van der Waals surface area (Å²) in [6.07, 6.45) is 5.03. The zero-order valence-corrected chi connectivity index (χ0v) is 14.1. The van der Waals surface area contributed by atoms with Crippen molar-refractivity contribution in [3.63, 3.8) is 0 Å². The second-order valence-electron chi connectivity index (χ2n) is 4.35. The molecule has 1 aromatic rings. The number of allylic oxidation sites excluding steroid dienone is 2. The third-order valence-corrected chi connectivity index (χ3v) is 2.69. The van der Waals surface area contributed by atoms with Gasteiger partial charge in [-0.25, -0.2) is 5.43 Å². The van der Waals surface area contributed by atoms with E-state index in [0.29, 0.717) is 42.6 Å². The number of rotatable bonds is 9. The summed E-state index contributed by atoms with van der Waals surface area (Å²) in [5.74, 6) is 1.10. The second kappa shape index (κ2) is 10.3. The summed E-state index contributed by atoms with van der Waals surface area (Å²) in [7, 11) is 0. The van der Waals surface area contributed by atoms with Gasteiger partial charge < -0.3 is 14.2 Å². The molecule has 0 aliphatic heterocycles. The molecular formula is C17H24N2O4. The molecule has 0 atom stereocenters. The molecule has 6 heteroatoms. The predicted molar refractivity (Wildman–Crippen MR) is 90.7 cm³/mol. The van der Waals surface area contributed by atoms with Crippen molar-refractivity contribution in [2.24, 2.45) is 5.10 Å². The molecule has 0 spiro atoms. The van der Waals surface area contributed by atoms with E-state index in [1.54, 1.807) is 18.2 Å². The number of hydrogen-bond acceptors (Lipinski definition) is 5. The third kappa shape index (κ3) is 5.65. The van der Waals surface area contributed by atoms with Crippen LogP contribution in [0.5, 0.6) is 17.2 Å². The molecule has 0 saturated heterocycles. The molecule has 0 aliphatic rings. The minimum Gasteiger partial charge on any atom is -0.490 e. The smallest absolute Gasteiger partial charge is 0.271 e. The summed E-state index contributed by atoms with van der Waals surface area (Å²) in [5, 5.41) is 3.82. The fourth-order valence-corrected chi connectivity index (χ4v) is 1.81. The zero-order valence-electron chi connectivity index (χ0n) is 14.1. The fraction of sp³-hybridized carbons (Fsp3) is 0.412. The molecule has 6 nitrogen and oxygen atoms in total.